The van der Waals surface area contributed by atoms with Crippen molar-refractivity contribution in [2.24, 2.45) is 7.05 Å². The standard InChI is InChI=1S/C16H14ClN5O3/c1-21-14(12(8-18-21)16(24)25)15(23)19-13-6-7-22(20-13)9-10-2-4-11(17)5-3-10/h2-8H,9H2,1H3,(H,24,25)(H,19,20,23). The molecule has 0 bridgehead atoms. The summed E-state index contributed by atoms with van der Waals surface area (Å²) in [5.74, 6) is -1.49. The minimum Gasteiger partial charge on any atom is -0.478 e. The van der Waals surface area contributed by atoms with Gasteiger partial charge in [-0.1, -0.05) is 23.7 Å². The number of nitrogens with one attached hydrogen (secondary N) is 1. The van der Waals surface area contributed by atoms with Crippen molar-refractivity contribution in [3.8, 4) is 0 Å². The number of aryl methyl sites for hydroxylation is 1. The Bertz CT molecular complexity index is 930. The maximum Gasteiger partial charge on any atom is 0.339 e. The van der Waals surface area contributed by atoms with E-state index in [4.69, 9.17) is 16.7 Å². The van der Waals surface area contributed by atoms with Gasteiger partial charge in [-0.05, 0) is 17.7 Å². The third kappa shape index (κ3) is 3.69. The molecule has 0 radical (unpaired) electrons. The number of carbonyl (C=O) groups excluding carboxylic acids is 1. The van der Waals surface area contributed by atoms with Crippen LogP contribution in [0.3, 0.4) is 0 Å². The second kappa shape index (κ2) is 6.78. The Morgan fingerprint density at radius 3 is 2.64 bits per heavy atom. The number of carboxylic acid groups (broad SMARTS) is 1. The zero-order valence-corrected chi connectivity index (χ0v) is 13.9. The van der Waals surface area contributed by atoms with E-state index >= 15 is 0 Å². The lowest BCUT2D eigenvalue weighted by Gasteiger charge is -2.04. The van der Waals surface area contributed by atoms with Gasteiger partial charge in [0.15, 0.2) is 5.82 Å². The van der Waals surface area contributed by atoms with Gasteiger partial charge in [0.05, 0.1) is 12.7 Å². The van der Waals surface area contributed by atoms with Gasteiger partial charge in [0.1, 0.15) is 11.3 Å². The summed E-state index contributed by atoms with van der Waals surface area (Å²) in [6.07, 6.45) is 2.85. The minimum absolute atomic E-state index is 0.0419. The van der Waals surface area contributed by atoms with Crippen LogP contribution in [0.4, 0.5) is 5.82 Å². The molecule has 0 saturated carbocycles. The molecule has 0 saturated heterocycles. The van der Waals surface area contributed by atoms with Crippen molar-refractivity contribution in [1.82, 2.24) is 19.6 Å². The minimum atomic E-state index is -1.22. The maximum atomic E-state index is 12.3. The van der Waals surface area contributed by atoms with Crippen LogP contribution in [0.25, 0.3) is 0 Å². The Kier molecular flexibility index (Phi) is 4.53. The lowest BCUT2D eigenvalue weighted by atomic mass is 10.2. The molecule has 0 aliphatic heterocycles. The molecular weight excluding hydrogens is 346 g/mol. The first-order chi connectivity index (χ1) is 11.9. The number of carbonyl (C=O) groups is 2. The molecule has 0 aliphatic carbocycles. The molecule has 0 atom stereocenters. The Morgan fingerprint density at radius 1 is 1.24 bits per heavy atom. The van der Waals surface area contributed by atoms with Crippen molar-refractivity contribution in [3.63, 3.8) is 0 Å². The van der Waals surface area contributed by atoms with Gasteiger partial charge in [-0.2, -0.15) is 10.2 Å². The van der Waals surface area contributed by atoms with E-state index < -0.39 is 11.9 Å². The maximum absolute atomic E-state index is 12.3. The van der Waals surface area contributed by atoms with Gasteiger partial charge in [0.25, 0.3) is 5.91 Å². The number of aromatic nitrogens is 4. The zero-order valence-electron chi connectivity index (χ0n) is 13.2. The number of aromatic carboxylic acids is 1. The summed E-state index contributed by atoms with van der Waals surface area (Å²) in [7, 11) is 1.50. The lowest BCUT2D eigenvalue weighted by molar-refractivity contribution is 0.0692. The van der Waals surface area contributed by atoms with Crippen LogP contribution < -0.4 is 5.32 Å². The first kappa shape index (κ1) is 16.7. The number of anilines is 1. The summed E-state index contributed by atoms with van der Waals surface area (Å²) < 4.78 is 2.86. The quantitative estimate of drug-likeness (QED) is 0.727. The molecule has 1 amide bonds. The molecule has 1 aromatic carbocycles. The summed E-state index contributed by atoms with van der Waals surface area (Å²) in [6.45, 7) is 0.513. The molecule has 0 unspecified atom stereocenters. The molecular formula is C16H14ClN5O3. The summed E-state index contributed by atoms with van der Waals surface area (Å²) >= 11 is 5.85. The molecule has 2 heterocycles. The number of carboxylic acids is 1. The molecule has 128 valence electrons. The lowest BCUT2D eigenvalue weighted by Crippen LogP contribution is -2.19. The number of benzene rings is 1. The van der Waals surface area contributed by atoms with Gasteiger partial charge >= 0.3 is 5.97 Å². The first-order valence-electron chi connectivity index (χ1n) is 7.28. The van der Waals surface area contributed by atoms with Crippen LogP contribution in [-0.4, -0.2) is 36.5 Å². The van der Waals surface area contributed by atoms with E-state index in [9.17, 15) is 9.59 Å². The Labute approximate surface area is 147 Å². The number of hydrogen-bond donors (Lipinski definition) is 2. The molecule has 2 N–H and O–H groups in total. The van der Waals surface area contributed by atoms with E-state index in [2.05, 4.69) is 15.5 Å². The van der Waals surface area contributed by atoms with Crippen LogP contribution >= 0.6 is 11.6 Å². The Balaban J connectivity index is 1.73. The molecule has 9 heteroatoms. The zero-order chi connectivity index (χ0) is 18.0. The third-order valence-electron chi connectivity index (χ3n) is 3.52. The highest BCUT2D eigenvalue weighted by Crippen LogP contribution is 2.13. The van der Waals surface area contributed by atoms with Crippen molar-refractivity contribution >= 4 is 29.3 Å². The summed E-state index contributed by atoms with van der Waals surface area (Å²) in [5, 5.41) is 20.4. The third-order valence-corrected chi connectivity index (χ3v) is 3.78. The SMILES string of the molecule is Cn1ncc(C(=O)O)c1C(=O)Nc1ccn(Cc2ccc(Cl)cc2)n1. The van der Waals surface area contributed by atoms with E-state index in [1.54, 1.807) is 29.1 Å². The van der Waals surface area contributed by atoms with Crippen molar-refractivity contribution in [1.29, 1.82) is 0 Å². The van der Waals surface area contributed by atoms with Crippen molar-refractivity contribution < 1.29 is 14.7 Å². The van der Waals surface area contributed by atoms with E-state index in [0.29, 0.717) is 17.4 Å². The molecule has 3 rings (SSSR count). The average molecular weight is 360 g/mol. The molecule has 25 heavy (non-hydrogen) atoms. The van der Waals surface area contributed by atoms with Gasteiger partial charge in [0.2, 0.25) is 0 Å². The molecule has 0 spiro atoms. The van der Waals surface area contributed by atoms with E-state index in [1.807, 2.05) is 12.1 Å². The number of nitrogens with zero attached hydrogens (tertiary/aromatic N) is 4. The van der Waals surface area contributed by atoms with Crippen LogP contribution in [0.15, 0.2) is 42.7 Å². The molecule has 0 aliphatic rings. The predicted octanol–water partition coefficient (Wildman–Crippen LogP) is 2.27. The fourth-order valence-electron chi connectivity index (χ4n) is 2.33. The second-order valence-corrected chi connectivity index (χ2v) is 5.75. The predicted molar refractivity (Wildman–Crippen MR) is 90.9 cm³/mol. The smallest absolute Gasteiger partial charge is 0.339 e. The number of halogens is 1. The average Bonchev–Trinajstić information content (AvgIpc) is 3.16. The monoisotopic (exact) mass is 359 g/mol. The van der Waals surface area contributed by atoms with Crippen LogP contribution in [0.5, 0.6) is 0 Å². The number of rotatable bonds is 5. The van der Waals surface area contributed by atoms with Gasteiger partial charge in [-0.25, -0.2) is 4.79 Å². The first-order valence-corrected chi connectivity index (χ1v) is 7.66. The summed E-state index contributed by atoms with van der Waals surface area (Å²) in [6, 6.07) is 8.98. The van der Waals surface area contributed by atoms with Crippen molar-refractivity contribution in [2.75, 3.05) is 5.32 Å². The van der Waals surface area contributed by atoms with Gasteiger partial charge in [-0.15, -0.1) is 0 Å². The highest BCUT2D eigenvalue weighted by Gasteiger charge is 2.22. The van der Waals surface area contributed by atoms with Gasteiger partial charge in [-0.3, -0.25) is 14.2 Å². The van der Waals surface area contributed by atoms with Gasteiger partial charge < -0.3 is 10.4 Å². The normalized spacial score (nSPS) is 10.6. The van der Waals surface area contributed by atoms with Crippen LogP contribution in [0.2, 0.25) is 5.02 Å². The highest BCUT2D eigenvalue weighted by atomic mass is 35.5. The fourth-order valence-corrected chi connectivity index (χ4v) is 2.46. The summed E-state index contributed by atoms with van der Waals surface area (Å²) in [5.41, 5.74) is 0.797. The highest BCUT2D eigenvalue weighted by molar-refractivity contribution is 6.30. The van der Waals surface area contributed by atoms with E-state index in [-0.39, 0.29) is 11.3 Å². The van der Waals surface area contributed by atoms with E-state index in [0.717, 1.165) is 11.8 Å². The molecule has 0 fully saturated rings. The Morgan fingerprint density at radius 2 is 1.96 bits per heavy atom. The van der Waals surface area contributed by atoms with Crippen molar-refractivity contribution in [2.45, 2.75) is 6.54 Å². The topological polar surface area (TPSA) is 102 Å². The van der Waals surface area contributed by atoms with Crippen LogP contribution in [0.1, 0.15) is 26.4 Å². The van der Waals surface area contributed by atoms with Gasteiger partial charge in [0, 0.05) is 24.3 Å². The molecule has 8 nitrogen and oxygen atoms in total. The summed E-state index contributed by atoms with van der Waals surface area (Å²) in [4.78, 5) is 23.5. The molecule has 3 aromatic rings. The Hall–Kier alpha value is -3.13. The number of amides is 1. The largest absolute Gasteiger partial charge is 0.478 e. The van der Waals surface area contributed by atoms with Crippen molar-refractivity contribution in [3.05, 3.63) is 64.6 Å². The molecule has 2 aromatic heterocycles. The van der Waals surface area contributed by atoms with Crippen LogP contribution in [0, 0.1) is 0 Å². The number of hydrogen-bond acceptors (Lipinski definition) is 4. The van der Waals surface area contributed by atoms with E-state index in [1.165, 1.54) is 11.7 Å². The fraction of sp³-hybridized carbons (Fsp3) is 0.125. The second-order valence-electron chi connectivity index (χ2n) is 5.31. The van der Waals surface area contributed by atoms with Crippen LogP contribution in [-0.2, 0) is 13.6 Å².